The fourth-order valence-corrected chi connectivity index (χ4v) is 3.06. The summed E-state index contributed by atoms with van der Waals surface area (Å²) in [6, 6.07) is 9.82. The minimum Gasteiger partial charge on any atom is -0.388 e. The van der Waals surface area contributed by atoms with Crippen molar-refractivity contribution in [2.24, 2.45) is 0 Å². The number of hydrogen-bond acceptors (Lipinski definition) is 6. The van der Waals surface area contributed by atoms with E-state index in [0.29, 0.717) is 6.61 Å². The number of benzene rings is 1. The van der Waals surface area contributed by atoms with Gasteiger partial charge in [-0.15, -0.1) is 0 Å². The third kappa shape index (κ3) is 3.74. The van der Waals surface area contributed by atoms with Gasteiger partial charge in [0, 0.05) is 7.11 Å². The lowest BCUT2D eigenvalue weighted by Gasteiger charge is -2.26. The predicted octanol–water partition coefficient (Wildman–Crippen LogP) is 1.46. The summed E-state index contributed by atoms with van der Waals surface area (Å²) >= 11 is 0. The molecule has 0 spiro atoms. The molecule has 6 heteroatoms. The van der Waals surface area contributed by atoms with Crippen LogP contribution in [0.1, 0.15) is 19.4 Å². The van der Waals surface area contributed by atoms with Crippen molar-refractivity contribution in [2.45, 2.75) is 56.9 Å². The molecule has 2 aliphatic rings. The zero-order valence-electron chi connectivity index (χ0n) is 13.7. The Labute approximate surface area is 136 Å². The first-order valence-corrected chi connectivity index (χ1v) is 7.84. The maximum atomic E-state index is 10.4. The van der Waals surface area contributed by atoms with E-state index in [1.165, 1.54) is 0 Å². The lowest BCUT2D eigenvalue weighted by molar-refractivity contribution is -0.239. The highest BCUT2D eigenvalue weighted by Crippen LogP contribution is 2.39. The topological polar surface area (TPSA) is 66.4 Å². The third-order valence-corrected chi connectivity index (χ3v) is 4.06. The number of aliphatic hydroxyl groups excluding tert-OH is 1. The quantitative estimate of drug-likeness (QED) is 0.854. The molecule has 0 aliphatic carbocycles. The number of aliphatic hydroxyl groups is 1. The molecule has 1 aromatic carbocycles. The fraction of sp³-hybridized carbons (Fsp3) is 0.647. The molecular weight excluding hydrogens is 300 g/mol. The summed E-state index contributed by atoms with van der Waals surface area (Å²) in [4.78, 5) is 0. The van der Waals surface area contributed by atoms with Gasteiger partial charge in [-0.3, -0.25) is 0 Å². The minimum atomic E-state index is -0.816. The van der Waals surface area contributed by atoms with E-state index >= 15 is 0 Å². The lowest BCUT2D eigenvalue weighted by atomic mass is 10.1. The monoisotopic (exact) mass is 324 g/mol. The molecule has 0 saturated carbocycles. The van der Waals surface area contributed by atoms with E-state index in [-0.39, 0.29) is 18.8 Å². The molecule has 2 saturated heterocycles. The Kier molecular flexibility index (Phi) is 5.01. The lowest BCUT2D eigenvalue weighted by Crippen LogP contribution is -2.41. The van der Waals surface area contributed by atoms with Gasteiger partial charge in [-0.2, -0.15) is 0 Å². The summed E-state index contributed by atoms with van der Waals surface area (Å²) < 4.78 is 28.3. The molecule has 23 heavy (non-hydrogen) atoms. The standard InChI is InChI=1S/C17H24O6/c1-17(2)22-14-13(21-16(19-3)15(14)23-17)12(18)10-20-9-11-7-5-4-6-8-11/h4-8,12-16,18H,9-10H2,1-3H3/t12-,13+,14-,15-,16-/m0/s1. The molecule has 0 aromatic heterocycles. The molecule has 1 aromatic rings. The molecule has 5 atom stereocenters. The van der Waals surface area contributed by atoms with Crippen molar-refractivity contribution in [2.75, 3.05) is 13.7 Å². The second-order valence-corrected chi connectivity index (χ2v) is 6.34. The molecule has 2 fully saturated rings. The van der Waals surface area contributed by atoms with Crippen molar-refractivity contribution >= 4 is 0 Å². The van der Waals surface area contributed by atoms with Gasteiger partial charge >= 0.3 is 0 Å². The van der Waals surface area contributed by atoms with Crippen LogP contribution in [-0.2, 0) is 30.3 Å². The van der Waals surface area contributed by atoms with Crippen molar-refractivity contribution in [3.63, 3.8) is 0 Å². The zero-order valence-corrected chi connectivity index (χ0v) is 13.7. The van der Waals surface area contributed by atoms with Crippen molar-refractivity contribution in [3.05, 3.63) is 35.9 Å². The summed E-state index contributed by atoms with van der Waals surface area (Å²) in [7, 11) is 1.55. The number of rotatable bonds is 6. The van der Waals surface area contributed by atoms with E-state index in [0.717, 1.165) is 5.56 Å². The molecule has 128 valence electrons. The van der Waals surface area contributed by atoms with Gasteiger partial charge in [-0.1, -0.05) is 30.3 Å². The Morgan fingerprint density at radius 3 is 2.57 bits per heavy atom. The van der Waals surface area contributed by atoms with Crippen molar-refractivity contribution in [3.8, 4) is 0 Å². The third-order valence-electron chi connectivity index (χ3n) is 4.06. The van der Waals surface area contributed by atoms with E-state index < -0.39 is 24.3 Å². The van der Waals surface area contributed by atoms with Crippen LogP contribution in [-0.4, -0.2) is 55.3 Å². The normalized spacial score (nSPS) is 33.6. The molecule has 0 bridgehead atoms. The van der Waals surface area contributed by atoms with Gasteiger partial charge in [-0.25, -0.2) is 0 Å². The van der Waals surface area contributed by atoms with Gasteiger partial charge in [-0.05, 0) is 19.4 Å². The van der Waals surface area contributed by atoms with Crippen LogP contribution < -0.4 is 0 Å². The van der Waals surface area contributed by atoms with E-state index in [4.69, 9.17) is 23.7 Å². The highest BCUT2D eigenvalue weighted by atomic mass is 16.8. The van der Waals surface area contributed by atoms with Crippen LogP contribution in [0.15, 0.2) is 30.3 Å². The Morgan fingerprint density at radius 1 is 1.17 bits per heavy atom. The number of hydrogen-bond donors (Lipinski definition) is 1. The molecule has 6 nitrogen and oxygen atoms in total. The van der Waals surface area contributed by atoms with Crippen LogP contribution in [0.2, 0.25) is 0 Å². The summed E-state index contributed by atoms with van der Waals surface area (Å²) in [6.07, 6.45) is -2.61. The molecular formula is C17H24O6. The first-order valence-electron chi connectivity index (χ1n) is 7.84. The second kappa shape index (κ2) is 6.84. The maximum absolute atomic E-state index is 10.4. The zero-order chi connectivity index (χ0) is 16.4. The van der Waals surface area contributed by atoms with Crippen LogP contribution in [0.3, 0.4) is 0 Å². The van der Waals surface area contributed by atoms with E-state index in [1.54, 1.807) is 7.11 Å². The highest BCUT2D eigenvalue weighted by molar-refractivity contribution is 5.13. The second-order valence-electron chi connectivity index (χ2n) is 6.34. The molecule has 0 unspecified atom stereocenters. The van der Waals surface area contributed by atoms with Crippen LogP contribution >= 0.6 is 0 Å². The van der Waals surface area contributed by atoms with Crippen LogP contribution in [0, 0.1) is 0 Å². The molecule has 2 aliphatic heterocycles. The van der Waals surface area contributed by atoms with Crippen molar-refractivity contribution < 1.29 is 28.8 Å². The van der Waals surface area contributed by atoms with Crippen molar-refractivity contribution in [1.82, 2.24) is 0 Å². The Bertz CT molecular complexity index is 505. The highest BCUT2D eigenvalue weighted by Gasteiger charge is 2.57. The van der Waals surface area contributed by atoms with E-state index in [9.17, 15) is 5.11 Å². The molecule has 0 amide bonds. The van der Waals surface area contributed by atoms with Gasteiger partial charge in [0.05, 0.1) is 13.2 Å². The van der Waals surface area contributed by atoms with Gasteiger partial charge in [0.15, 0.2) is 12.1 Å². The molecule has 1 N–H and O–H groups in total. The summed E-state index contributed by atoms with van der Waals surface area (Å²) in [5.41, 5.74) is 1.06. The summed E-state index contributed by atoms with van der Waals surface area (Å²) in [6.45, 7) is 4.28. The number of fused-ring (bicyclic) bond motifs is 1. The van der Waals surface area contributed by atoms with E-state index in [1.807, 2.05) is 44.2 Å². The summed E-state index contributed by atoms with van der Waals surface area (Å²) in [5.74, 6) is -0.710. The van der Waals surface area contributed by atoms with Crippen LogP contribution in [0.4, 0.5) is 0 Å². The number of ether oxygens (including phenoxy) is 5. The average molecular weight is 324 g/mol. The first kappa shape index (κ1) is 16.8. The first-order chi connectivity index (χ1) is 11.0. The van der Waals surface area contributed by atoms with Gasteiger partial charge in [0.25, 0.3) is 0 Å². The van der Waals surface area contributed by atoms with Crippen molar-refractivity contribution in [1.29, 1.82) is 0 Å². The summed E-state index contributed by atoms with van der Waals surface area (Å²) in [5, 5.41) is 10.4. The SMILES string of the molecule is CO[C@H]1O[C@H]([C@@H](O)COCc2ccccc2)[C@@H]2OC(C)(C)O[C@H]12. The van der Waals surface area contributed by atoms with Crippen LogP contribution in [0.5, 0.6) is 0 Å². The van der Waals surface area contributed by atoms with Gasteiger partial charge in [0.1, 0.15) is 24.4 Å². The Hall–Kier alpha value is -1.02. The minimum absolute atomic E-state index is 0.156. The molecule has 3 rings (SSSR count). The number of methoxy groups -OCH3 is 1. The predicted molar refractivity (Wildman–Crippen MR) is 81.6 cm³/mol. The largest absolute Gasteiger partial charge is 0.388 e. The maximum Gasteiger partial charge on any atom is 0.186 e. The fourth-order valence-electron chi connectivity index (χ4n) is 3.06. The van der Waals surface area contributed by atoms with E-state index in [2.05, 4.69) is 0 Å². The molecule has 0 radical (unpaired) electrons. The molecule has 2 heterocycles. The Morgan fingerprint density at radius 2 is 1.87 bits per heavy atom. The Balaban J connectivity index is 1.55. The average Bonchev–Trinajstić information content (AvgIpc) is 3.01. The smallest absolute Gasteiger partial charge is 0.186 e. The van der Waals surface area contributed by atoms with Gasteiger partial charge in [0.2, 0.25) is 0 Å². The van der Waals surface area contributed by atoms with Crippen LogP contribution in [0.25, 0.3) is 0 Å². The van der Waals surface area contributed by atoms with Gasteiger partial charge < -0.3 is 28.8 Å².